The Kier molecular flexibility index (Phi) is 70.4. The zero-order valence-electron chi connectivity index (χ0n) is 63.1. The third kappa shape index (κ3) is 72.3. The van der Waals surface area contributed by atoms with Gasteiger partial charge in [-0.15, -0.1) is 0 Å². The van der Waals surface area contributed by atoms with Crippen LogP contribution in [-0.4, -0.2) is 96.7 Å². The van der Waals surface area contributed by atoms with Crippen molar-refractivity contribution < 1.29 is 80.2 Å². The number of hydrogen-bond acceptors (Lipinski definition) is 15. The van der Waals surface area contributed by atoms with Gasteiger partial charge in [-0.1, -0.05) is 285 Å². The van der Waals surface area contributed by atoms with Gasteiger partial charge in [-0.05, 0) is 122 Å². The molecule has 0 saturated carbocycles. The molecule has 0 spiro atoms. The Morgan fingerprint density at radius 2 is 0.520 bits per heavy atom. The average molecular weight is 1450 g/mol. The van der Waals surface area contributed by atoms with Crippen molar-refractivity contribution in [3.63, 3.8) is 0 Å². The first kappa shape index (κ1) is 96.0. The Labute approximate surface area is 607 Å². The van der Waals surface area contributed by atoms with E-state index in [1.807, 2.05) is 0 Å². The number of aliphatic hydroxyl groups is 1. The van der Waals surface area contributed by atoms with E-state index in [1.165, 1.54) is 70.6 Å². The molecular weight excluding hydrogens is 1310 g/mol. The predicted octanol–water partition coefficient (Wildman–Crippen LogP) is 22.8. The van der Waals surface area contributed by atoms with Crippen LogP contribution in [0.3, 0.4) is 0 Å². The van der Waals surface area contributed by atoms with Crippen LogP contribution in [0.4, 0.5) is 0 Å². The summed E-state index contributed by atoms with van der Waals surface area (Å²) < 4.78 is 68.6. The number of esters is 4. The molecule has 0 aromatic carbocycles. The molecule has 0 aliphatic carbocycles. The number of carbonyl (C=O) groups excluding carboxylic acids is 4. The highest BCUT2D eigenvalue weighted by Crippen LogP contribution is 2.45. The summed E-state index contributed by atoms with van der Waals surface area (Å²) in [6.45, 7) is 4.62. The van der Waals surface area contributed by atoms with Crippen molar-refractivity contribution in [1.29, 1.82) is 0 Å². The van der Waals surface area contributed by atoms with Crippen molar-refractivity contribution in [2.75, 3.05) is 39.6 Å². The van der Waals surface area contributed by atoms with E-state index in [0.717, 1.165) is 186 Å². The standard InChI is InChI=1S/C81H142O17P2/c1-5-9-13-17-21-25-29-33-36-37-40-43-46-50-54-58-62-66-79(84)92-72-77(98-81(86)68-64-60-56-52-48-44-39-35-31-27-23-19-15-11-7-3)74-96-100(89,90)94-70-75(82)69-93-99(87,88)95-73-76(97-80(85)67-63-59-55-51-47-41-32-28-24-20-16-12-8-4)71-91-78(83)65-61-57-53-49-45-42-38-34-30-26-22-18-14-10-6-2/h9,11,13,15,21-23,25-27,33-36,38-39,75-77,82H,5-8,10,12,14,16-20,24,28-32,37,40-74H2,1-4H3,(H,87,88)(H,89,90)/b13-9-,15-11-,25-21-,26-22-,27-23-,36-33-,38-34-,39-35-. The molecule has 5 unspecified atom stereocenters. The summed E-state index contributed by atoms with van der Waals surface area (Å²) in [5.74, 6) is -2.20. The minimum atomic E-state index is -4.98. The molecule has 0 aliphatic rings. The number of unbranched alkanes of at least 4 members (excludes halogenated alkanes) is 32. The van der Waals surface area contributed by atoms with Crippen molar-refractivity contribution >= 4 is 39.5 Å². The summed E-state index contributed by atoms with van der Waals surface area (Å²) in [7, 11) is -9.96. The van der Waals surface area contributed by atoms with Crippen LogP contribution in [0.5, 0.6) is 0 Å². The van der Waals surface area contributed by atoms with Crippen molar-refractivity contribution in [2.24, 2.45) is 0 Å². The largest absolute Gasteiger partial charge is 0.472 e. The summed E-state index contributed by atoms with van der Waals surface area (Å²) in [4.78, 5) is 73.0. The Morgan fingerprint density at radius 1 is 0.290 bits per heavy atom. The van der Waals surface area contributed by atoms with Gasteiger partial charge in [0.1, 0.15) is 19.3 Å². The first-order chi connectivity index (χ1) is 48.7. The van der Waals surface area contributed by atoms with Gasteiger partial charge in [0.15, 0.2) is 12.2 Å². The van der Waals surface area contributed by atoms with Crippen LogP contribution in [0.15, 0.2) is 97.2 Å². The Hall–Kier alpha value is -4.02. The number of hydrogen-bond donors (Lipinski definition) is 3. The number of ether oxygens (including phenoxy) is 4. The highest BCUT2D eigenvalue weighted by atomic mass is 31.2. The average Bonchev–Trinajstić information content (AvgIpc) is 1.06. The maximum absolute atomic E-state index is 13.1. The molecule has 578 valence electrons. The lowest BCUT2D eigenvalue weighted by Crippen LogP contribution is -2.30. The van der Waals surface area contributed by atoms with Crippen LogP contribution >= 0.6 is 15.6 Å². The van der Waals surface area contributed by atoms with Gasteiger partial charge >= 0.3 is 39.5 Å². The zero-order chi connectivity index (χ0) is 73.2. The van der Waals surface area contributed by atoms with Crippen LogP contribution in [0.25, 0.3) is 0 Å². The van der Waals surface area contributed by atoms with Gasteiger partial charge in [-0.2, -0.15) is 0 Å². The molecule has 0 rings (SSSR count). The van der Waals surface area contributed by atoms with E-state index in [1.54, 1.807) is 0 Å². The molecule has 3 N–H and O–H groups in total. The molecule has 0 heterocycles. The summed E-state index contributed by atoms with van der Waals surface area (Å²) in [5.41, 5.74) is 0. The third-order valence-corrected chi connectivity index (χ3v) is 18.4. The van der Waals surface area contributed by atoms with Crippen molar-refractivity contribution in [3.8, 4) is 0 Å². The SMILES string of the molecule is CC/C=C\C/C=C\C/C=C\CCCCCCCCCC(=O)OCC(COP(=O)(O)OCC(O)COP(=O)(O)OCC(COC(=O)CCCCCCC/C=C\C/C=C\CCCCC)OC(=O)CCCCCCCCCCCCCCC)OC(=O)CCCCCCC/C=C\C/C=C\C/C=C\CC. The predicted molar refractivity (Wildman–Crippen MR) is 409 cm³/mol. The maximum Gasteiger partial charge on any atom is 0.472 e. The lowest BCUT2D eigenvalue weighted by molar-refractivity contribution is -0.161. The summed E-state index contributed by atoms with van der Waals surface area (Å²) >= 11 is 0. The highest BCUT2D eigenvalue weighted by Gasteiger charge is 2.30. The first-order valence-electron chi connectivity index (χ1n) is 39.5. The lowest BCUT2D eigenvalue weighted by Gasteiger charge is -2.21. The molecule has 0 amide bonds. The monoisotopic (exact) mass is 1450 g/mol. The van der Waals surface area contributed by atoms with Crippen LogP contribution in [0.1, 0.15) is 336 Å². The second-order valence-corrected chi connectivity index (χ2v) is 29.2. The van der Waals surface area contributed by atoms with E-state index in [4.69, 9.17) is 37.0 Å². The molecule has 0 bridgehead atoms. The fraction of sp³-hybridized carbons (Fsp3) is 0.753. The van der Waals surface area contributed by atoms with E-state index in [-0.39, 0.29) is 25.7 Å². The minimum Gasteiger partial charge on any atom is -0.462 e. The third-order valence-electron chi connectivity index (χ3n) is 16.5. The number of allylic oxidation sites excluding steroid dienone is 16. The van der Waals surface area contributed by atoms with Gasteiger partial charge in [0.2, 0.25) is 0 Å². The van der Waals surface area contributed by atoms with Crippen LogP contribution in [0, 0.1) is 0 Å². The smallest absolute Gasteiger partial charge is 0.462 e. The van der Waals surface area contributed by atoms with Crippen LogP contribution in [-0.2, 0) is 65.4 Å². The summed E-state index contributed by atoms with van der Waals surface area (Å²) in [6.07, 6.45) is 76.7. The minimum absolute atomic E-state index is 0.0732. The van der Waals surface area contributed by atoms with E-state index in [0.29, 0.717) is 25.7 Å². The molecule has 0 aromatic heterocycles. The fourth-order valence-electron chi connectivity index (χ4n) is 10.6. The molecule has 0 aromatic rings. The Bertz CT molecular complexity index is 2270. The van der Waals surface area contributed by atoms with Gasteiger partial charge < -0.3 is 33.8 Å². The lowest BCUT2D eigenvalue weighted by atomic mass is 10.0. The second kappa shape index (κ2) is 73.3. The molecule has 0 fully saturated rings. The highest BCUT2D eigenvalue weighted by molar-refractivity contribution is 7.47. The van der Waals surface area contributed by atoms with Crippen molar-refractivity contribution in [3.05, 3.63) is 97.2 Å². The second-order valence-electron chi connectivity index (χ2n) is 26.2. The fourth-order valence-corrected chi connectivity index (χ4v) is 12.2. The van der Waals surface area contributed by atoms with Gasteiger partial charge in [0.05, 0.1) is 26.4 Å². The van der Waals surface area contributed by atoms with Crippen molar-refractivity contribution in [2.45, 2.75) is 354 Å². The van der Waals surface area contributed by atoms with Gasteiger partial charge in [-0.3, -0.25) is 37.3 Å². The van der Waals surface area contributed by atoms with Crippen molar-refractivity contribution in [1.82, 2.24) is 0 Å². The molecular formula is C81H142O17P2. The van der Waals surface area contributed by atoms with E-state index >= 15 is 0 Å². The van der Waals surface area contributed by atoms with E-state index < -0.39 is 97.5 Å². The number of carbonyl (C=O) groups is 4. The van der Waals surface area contributed by atoms with E-state index in [2.05, 4.69) is 125 Å². The van der Waals surface area contributed by atoms with Crippen LogP contribution in [0.2, 0.25) is 0 Å². The molecule has 19 heteroatoms. The number of phosphoric ester groups is 2. The molecule has 100 heavy (non-hydrogen) atoms. The number of aliphatic hydroxyl groups excluding tert-OH is 1. The van der Waals surface area contributed by atoms with Gasteiger partial charge in [0, 0.05) is 25.7 Å². The summed E-state index contributed by atoms with van der Waals surface area (Å²) in [5, 5.41) is 10.6. The van der Waals surface area contributed by atoms with Gasteiger partial charge in [0.25, 0.3) is 0 Å². The topological polar surface area (TPSA) is 237 Å². The van der Waals surface area contributed by atoms with Gasteiger partial charge in [-0.25, -0.2) is 9.13 Å². The zero-order valence-corrected chi connectivity index (χ0v) is 64.9. The molecule has 0 radical (unpaired) electrons. The first-order valence-corrected chi connectivity index (χ1v) is 42.5. The molecule has 0 saturated heterocycles. The molecule has 0 aliphatic heterocycles. The Morgan fingerprint density at radius 3 is 0.820 bits per heavy atom. The van der Waals surface area contributed by atoms with Crippen LogP contribution < -0.4 is 0 Å². The quantitative estimate of drug-likeness (QED) is 0.0169. The molecule has 17 nitrogen and oxygen atoms in total. The normalized spacial score (nSPS) is 14.4. The number of phosphoric acid groups is 2. The Balaban J connectivity index is 5.36. The number of rotatable bonds is 74. The maximum atomic E-state index is 13.1. The van der Waals surface area contributed by atoms with E-state index in [9.17, 15) is 43.2 Å². The summed E-state index contributed by atoms with van der Waals surface area (Å²) in [6, 6.07) is 0. The molecule has 5 atom stereocenters.